The molecule has 0 aliphatic heterocycles. The Bertz CT molecular complexity index is 404. The van der Waals surface area contributed by atoms with Crippen molar-refractivity contribution in [2.75, 3.05) is 5.73 Å². The lowest BCUT2D eigenvalue weighted by Crippen LogP contribution is -2.04. The third-order valence-corrected chi connectivity index (χ3v) is 2.09. The number of nitrogen functional groups attached to an aromatic ring is 1. The van der Waals surface area contributed by atoms with Crippen LogP contribution < -0.4 is 5.73 Å². The summed E-state index contributed by atoms with van der Waals surface area (Å²) in [6.45, 7) is 1.79. The lowest BCUT2D eigenvalue weighted by Gasteiger charge is -2.07. The summed E-state index contributed by atoms with van der Waals surface area (Å²) in [5, 5.41) is 16.3. The van der Waals surface area contributed by atoms with Crippen LogP contribution >= 0.6 is 11.6 Å². The molecule has 0 fully saturated rings. The van der Waals surface area contributed by atoms with Crippen LogP contribution in [0.25, 0.3) is 0 Å². The van der Waals surface area contributed by atoms with Gasteiger partial charge in [0.2, 0.25) is 0 Å². The number of nitriles is 1. The van der Waals surface area contributed by atoms with E-state index in [9.17, 15) is 0 Å². The van der Waals surface area contributed by atoms with E-state index in [0.29, 0.717) is 16.3 Å². The highest BCUT2D eigenvalue weighted by molar-refractivity contribution is 6.34. The minimum atomic E-state index is -0.155. The van der Waals surface area contributed by atoms with Crippen molar-refractivity contribution in [3.63, 3.8) is 0 Å². The Morgan fingerprint density at radius 2 is 2.23 bits per heavy atom. The number of hydrogen-bond acceptors (Lipinski definition) is 3. The Morgan fingerprint density at radius 3 is 2.77 bits per heavy atom. The number of benzene rings is 1. The number of nitrogens with two attached hydrogens (primary N) is 1. The quantitative estimate of drug-likeness (QED) is 0.530. The average Bonchev–Trinajstić information content (AvgIpc) is 2.12. The first-order valence-corrected chi connectivity index (χ1v) is 3.99. The molecule has 0 heterocycles. The van der Waals surface area contributed by atoms with Crippen molar-refractivity contribution >= 4 is 23.0 Å². The summed E-state index contributed by atoms with van der Waals surface area (Å²) in [6, 6.07) is 5.12. The molecular formula is C9H8ClN3. The number of rotatable bonds is 1. The first-order valence-electron chi connectivity index (χ1n) is 3.61. The Morgan fingerprint density at radius 1 is 1.62 bits per heavy atom. The molecule has 0 atom stereocenters. The van der Waals surface area contributed by atoms with Gasteiger partial charge in [-0.25, -0.2) is 0 Å². The zero-order chi connectivity index (χ0) is 10.0. The predicted octanol–water partition coefficient (Wildman–Crippen LogP) is 2.12. The molecule has 0 saturated heterocycles. The molecule has 0 aromatic heterocycles. The second-order valence-corrected chi connectivity index (χ2v) is 3.05. The maximum atomic E-state index is 8.55. The van der Waals surface area contributed by atoms with Gasteiger partial charge >= 0.3 is 0 Å². The third kappa shape index (κ3) is 1.63. The average molecular weight is 194 g/mol. The summed E-state index contributed by atoms with van der Waals surface area (Å²) in [7, 11) is 0. The molecule has 13 heavy (non-hydrogen) atoms. The molecule has 1 aromatic carbocycles. The second kappa shape index (κ2) is 3.46. The van der Waals surface area contributed by atoms with Crippen molar-refractivity contribution < 1.29 is 0 Å². The van der Waals surface area contributed by atoms with Gasteiger partial charge in [0.15, 0.2) is 0 Å². The van der Waals surface area contributed by atoms with Gasteiger partial charge < -0.3 is 5.73 Å². The second-order valence-electron chi connectivity index (χ2n) is 2.64. The number of anilines is 1. The fourth-order valence-corrected chi connectivity index (χ4v) is 1.25. The molecule has 0 spiro atoms. The Labute approximate surface area is 81.2 Å². The van der Waals surface area contributed by atoms with Gasteiger partial charge in [-0.2, -0.15) is 5.26 Å². The van der Waals surface area contributed by atoms with Crippen molar-refractivity contribution in [3.05, 3.63) is 28.3 Å². The zero-order valence-corrected chi connectivity index (χ0v) is 7.81. The SMILES string of the molecule is Cc1ccc(Cl)c(N)c1C(=N)C#N. The molecule has 0 saturated carbocycles. The van der Waals surface area contributed by atoms with Gasteiger partial charge in [-0.3, -0.25) is 5.41 Å². The van der Waals surface area contributed by atoms with Crippen molar-refractivity contribution in [2.24, 2.45) is 0 Å². The van der Waals surface area contributed by atoms with Crippen LogP contribution in [-0.4, -0.2) is 5.71 Å². The Balaban J connectivity index is 3.44. The molecule has 66 valence electrons. The van der Waals surface area contributed by atoms with Gasteiger partial charge in [0.05, 0.1) is 10.7 Å². The van der Waals surface area contributed by atoms with Crippen molar-refractivity contribution in [2.45, 2.75) is 6.92 Å². The Hall–Kier alpha value is -1.53. The standard InChI is InChI=1S/C9H8ClN3/c1-5-2-3-6(10)9(13)8(5)7(12)4-11/h2-3,12H,13H2,1H3. The van der Waals surface area contributed by atoms with Gasteiger partial charge in [-0.1, -0.05) is 17.7 Å². The largest absolute Gasteiger partial charge is 0.397 e. The van der Waals surface area contributed by atoms with E-state index >= 15 is 0 Å². The van der Waals surface area contributed by atoms with Gasteiger partial charge in [0, 0.05) is 5.56 Å². The highest BCUT2D eigenvalue weighted by Gasteiger charge is 2.10. The van der Waals surface area contributed by atoms with Crippen LogP contribution in [0.2, 0.25) is 5.02 Å². The molecule has 0 amide bonds. The van der Waals surface area contributed by atoms with Gasteiger partial charge in [-0.15, -0.1) is 0 Å². The fraction of sp³-hybridized carbons (Fsp3) is 0.111. The number of halogens is 1. The number of nitrogens with zero attached hydrogens (tertiary/aromatic N) is 1. The molecule has 3 nitrogen and oxygen atoms in total. The molecule has 3 N–H and O–H groups in total. The molecule has 0 radical (unpaired) electrons. The van der Waals surface area contributed by atoms with Crippen molar-refractivity contribution in [1.29, 1.82) is 10.7 Å². The van der Waals surface area contributed by atoms with E-state index in [-0.39, 0.29) is 5.71 Å². The summed E-state index contributed by atoms with van der Waals surface area (Å²) >= 11 is 5.76. The van der Waals surface area contributed by atoms with Gasteiger partial charge in [-0.05, 0) is 18.6 Å². The van der Waals surface area contributed by atoms with Crippen LogP contribution in [0.5, 0.6) is 0 Å². The fourth-order valence-electron chi connectivity index (χ4n) is 1.09. The smallest absolute Gasteiger partial charge is 0.141 e. The van der Waals surface area contributed by atoms with Crippen LogP contribution in [0.15, 0.2) is 12.1 Å². The minimum absolute atomic E-state index is 0.155. The summed E-state index contributed by atoms with van der Waals surface area (Å²) in [4.78, 5) is 0. The van der Waals surface area contributed by atoms with E-state index in [1.165, 1.54) is 0 Å². The van der Waals surface area contributed by atoms with Crippen molar-refractivity contribution in [1.82, 2.24) is 0 Å². The first-order chi connectivity index (χ1) is 6.07. The zero-order valence-electron chi connectivity index (χ0n) is 7.06. The van der Waals surface area contributed by atoms with E-state index in [2.05, 4.69) is 0 Å². The molecular weight excluding hydrogens is 186 g/mol. The monoisotopic (exact) mass is 193 g/mol. The maximum Gasteiger partial charge on any atom is 0.141 e. The van der Waals surface area contributed by atoms with Crippen LogP contribution in [0, 0.1) is 23.7 Å². The summed E-state index contributed by atoms with van der Waals surface area (Å²) in [5.41, 5.74) is 6.99. The van der Waals surface area contributed by atoms with E-state index in [1.54, 1.807) is 25.1 Å². The van der Waals surface area contributed by atoms with Crippen LogP contribution in [-0.2, 0) is 0 Å². The van der Waals surface area contributed by atoms with E-state index in [1.807, 2.05) is 0 Å². The van der Waals surface area contributed by atoms with E-state index in [0.717, 1.165) is 5.56 Å². The molecule has 0 unspecified atom stereocenters. The molecule has 1 rings (SSSR count). The highest BCUT2D eigenvalue weighted by Crippen LogP contribution is 2.25. The maximum absolute atomic E-state index is 8.55. The number of nitrogens with one attached hydrogen (secondary N) is 1. The van der Waals surface area contributed by atoms with E-state index in [4.69, 9.17) is 28.0 Å². The molecule has 1 aromatic rings. The van der Waals surface area contributed by atoms with E-state index < -0.39 is 0 Å². The van der Waals surface area contributed by atoms with Crippen LogP contribution in [0.3, 0.4) is 0 Å². The number of hydrogen-bond donors (Lipinski definition) is 2. The number of aryl methyl sites for hydroxylation is 1. The molecule has 0 aliphatic rings. The molecule has 4 heteroatoms. The molecule has 0 aliphatic carbocycles. The van der Waals surface area contributed by atoms with Crippen LogP contribution in [0.4, 0.5) is 5.69 Å². The summed E-state index contributed by atoms with van der Waals surface area (Å²) in [5.74, 6) is 0. The summed E-state index contributed by atoms with van der Waals surface area (Å²) in [6.07, 6.45) is 0. The van der Waals surface area contributed by atoms with Crippen LogP contribution in [0.1, 0.15) is 11.1 Å². The topological polar surface area (TPSA) is 73.7 Å². The van der Waals surface area contributed by atoms with Gasteiger partial charge in [0.25, 0.3) is 0 Å². The van der Waals surface area contributed by atoms with Crippen molar-refractivity contribution in [3.8, 4) is 6.07 Å². The third-order valence-electron chi connectivity index (χ3n) is 1.76. The minimum Gasteiger partial charge on any atom is -0.397 e. The Kier molecular flexibility index (Phi) is 2.54. The first kappa shape index (κ1) is 9.56. The highest BCUT2D eigenvalue weighted by atomic mass is 35.5. The molecule has 0 bridgehead atoms. The lowest BCUT2D eigenvalue weighted by atomic mass is 10.0. The van der Waals surface area contributed by atoms with Gasteiger partial charge in [0.1, 0.15) is 11.8 Å². The normalized spacial score (nSPS) is 9.31. The predicted molar refractivity (Wildman–Crippen MR) is 53.0 cm³/mol. The lowest BCUT2D eigenvalue weighted by molar-refractivity contribution is 1.40. The summed E-state index contributed by atoms with van der Waals surface area (Å²) < 4.78 is 0.